The molecule has 0 spiro atoms. The van der Waals surface area contributed by atoms with E-state index in [-0.39, 0.29) is 12.2 Å². The van der Waals surface area contributed by atoms with Crippen LogP contribution < -0.4 is 10.5 Å². The third-order valence-corrected chi connectivity index (χ3v) is 2.53. The lowest BCUT2D eigenvalue weighted by molar-refractivity contribution is -0.142. The molecule has 19 heavy (non-hydrogen) atoms. The number of carbonyl (C=O) groups is 1. The molecule has 0 aliphatic rings. The number of alkyl halides is 3. The molecule has 0 saturated heterocycles. The number of halogens is 3. The topological polar surface area (TPSA) is 61.5 Å². The molecular formula is C12H14F3NO3. The van der Waals surface area contributed by atoms with Crippen molar-refractivity contribution in [2.75, 3.05) is 14.2 Å². The third kappa shape index (κ3) is 3.85. The summed E-state index contributed by atoms with van der Waals surface area (Å²) in [6, 6.07) is 2.45. The highest BCUT2D eigenvalue weighted by Gasteiger charge is 2.34. The average molecular weight is 277 g/mol. The van der Waals surface area contributed by atoms with Gasteiger partial charge < -0.3 is 15.2 Å². The molecule has 1 atom stereocenters. The van der Waals surface area contributed by atoms with E-state index in [0.29, 0.717) is 5.56 Å². The van der Waals surface area contributed by atoms with Crippen LogP contribution in [0.3, 0.4) is 0 Å². The Morgan fingerprint density at radius 3 is 2.47 bits per heavy atom. The molecule has 106 valence electrons. The Bertz CT molecular complexity index is 460. The summed E-state index contributed by atoms with van der Waals surface area (Å²) in [6.45, 7) is 0. The summed E-state index contributed by atoms with van der Waals surface area (Å²) in [5, 5.41) is 0. The summed E-state index contributed by atoms with van der Waals surface area (Å²) in [6.07, 6.45) is -4.42. The van der Waals surface area contributed by atoms with Crippen molar-refractivity contribution in [1.82, 2.24) is 0 Å². The average Bonchev–Trinajstić information content (AvgIpc) is 2.36. The van der Waals surface area contributed by atoms with Crippen molar-refractivity contribution in [3.63, 3.8) is 0 Å². The van der Waals surface area contributed by atoms with E-state index in [0.717, 1.165) is 13.2 Å². The second-order valence-corrected chi connectivity index (χ2v) is 3.87. The molecule has 0 unspecified atom stereocenters. The Kier molecular flexibility index (Phi) is 4.77. The highest BCUT2D eigenvalue weighted by atomic mass is 19.4. The number of hydrogen-bond acceptors (Lipinski definition) is 4. The molecule has 0 heterocycles. The van der Waals surface area contributed by atoms with Gasteiger partial charge in [0.15, 0.2) is 0 Å². The zero-order chi connectivity index (χ0) is 14.6. The molecule has 0 aliphatic heterocycles. The zero-order valence-corrected chi connectivity index (χ0v) is 10.5. The van der Waals surface area contributed by atoms with E-state index in [9.17, 15) is 18.0 Å². The molecule has 0 amide bonds. The van der Waals surface area contributed by atoms with Crippen LogP contribution in [0, 0.1) is 0 Å². The fourth-order valence-corrected chi connectivity index (χ4v) is 1.59. The van der Waals surface area contributed by atoms with E-state index in [1.165, 1.54) is 19.2 Å². The Labute approximate surface area is 108 Å². The predicted molar refractivity (Wildman–Crippen MR) is 61.7 cm³/mol. The lowest BCUT2D eigenvalue weighted by Gasteiger charge is -2.14. The van der Waals surface area contributed by atoms with Gasteiger partial charge in [-0.2, -0.15) is 13.2 Å². The molecule has 0 aromatic heterocycles. The SMILES string of the molecule is COC(=O)[C@H](N)Cc1ccc(C(F)(F)F)c(OC)c1. The molecule has 0 fully saturated rings. The minimum absolute atomic E-state index is 0.0706. The number of esters is 1. The smallest absolute Gasteiger partial charge is 0.419 e. The van der Waals surface area contributed by atoms with Gasteiger partial charge in [-0.05, 0) is 24.1 Å². The molecule has 0 bridgehead atoms. The summed E-state index contributed by atoms with van der Waals surface area (Å²) >= 11 is 0. The van der Waals surface area contributed by atoms with Crippen molar-refractivity contribution < 1.29 is 27.4 Å². The van der Waals surface area contributed by atoms with Crippen molar-refractivity contribution in [3.8, 4) is 5.75 Å². The Hall–Kier alpha value is -1.76. The maximum atomic E-state index is 12.6. The first-order chi connectivity index (χ1) is 8.79. The van der Waals surface area contributed by atoms with Gasteiger partial charge in [0.05, 0.1) is 19.8 Å². The van der Waals surface area contributed by atoms with Crippen LogP contribution in [-0.4, -0.2) is 26.2 Å². The van der Waals surface area contributed by atoms with Crippen LogP contribution >= 0.6 is 0 Å². The lowest BCUT2D eigenvalue weighted by atomic mass is 10.0. The van der Waals surface area contributed by atoms with Gasteiger partial charge in [0.2, 0.25) is 0 Å². The summed E-state index contributed by atoms with van der Waals surface area (Å²) < 4.78 is 47.0. The van der Waals surface area contributed by atoms with E-state index in [1.807, 2.05) is 0 Å². The zero-order valence-electron chi connectivity index (χ0n) is 10.5. The van der Waals surface area contributed by atoms with Crippen LogP contribution in [0.5, 0.6) is 5.75 Å². The standard InChI is InChI=1S/C12H14F3NO3/c1-18-10-6-7(5-9(16)11(17)19-2)3-4-8(10)12(13,14)15/h3-4,6,9H,5,16H2,1-2H3/t9-/m1/s1. The van der Waals surface area contributed by atoms with Crippen LogP contribution in [0.1, 0.15) is 11.1 Å². The van der Waals surface area contributed by atoms with Gasteiger partial charge in [-0.1, -0.05) is 6.07 Å². The maximum absolute atomic E-state index is 12.6. The minimum Gasteiger partial charge on any atom is -0.496 e. The van der Waals surface area contributed by atoms with Gasteiger partial charge in [0, 0.05) is 0 Å². The quantitative estimate of drug-likeness (QED) is 0.852. The molecule has 4 nitrogen and oxygen atoms in total. The van der Waals surface area contributed by atoms with Gasteiger partial charge in [-0.3, -0.25) is 4.79 Å². The highest BCUT2D eigenvalue weighted by Crippen LogP contribution is 2.36. The number of nitrogens with two attached hydrogens (primary N) is 1. The molecule has 1 aromatic rings. The summed E-state index contributed by atoms with van der Waals surface area (Å²) in [7, 11) is 2.34. The molecule has 0 radical (unpaired) electrons. The van der Waals surface area contributed by atoms with E-state index in [2.05, 4.69) is 4.74 Å². The number of methoxy groups -OCH3 is 2. The second-order valence-electron chi connectivity index (χ2n) is 3.87. The predicted octanol–water partition coefficient (Wildman–Crippen LogP) is 1.76. The van der Waals surface area contributed by atoms with Crippen molar-refractivity contribution in [1.29, 1.82) is 0 Å². The molecule has 0 saturated carbocycles. The third-order valence-electron chi connectivity index (χ3n) is 2.53. The Morgan fingerprint density at radius 1 is 1.37 bits per heavy atom. The fourth-order valence-electron chi connectivity index (χ4n) is 1.59. The monoisotopic (exact) mass is 277 g/mol. The summed E-state index contributed by atoms with van der Waals surface area (Å²) in [5.74, 6) is -0.930. The van der Waals surface area contributed by atoms with Crippen LogP contribution in [0.4, 0.5) is 13.2 Å². The molecule has 1 rings (SSSR count). The van der Waals surface area contributed by atoms with Crippen LogP contribution in [0.25, 0.3) is 0 Å². The van der Waals surface area contributed by atoms with Crippen LogP contribution in [0.2, 0.25) is 0 Å². The van der Waals surface area contributed by atoms with Gasteiger partial charge >= 0.3 is 12.1 Å². The first kappa shape index (κ1) is 15.3. The van der Waals surface area contributed by atoms with Crippen molar-refractivity contribution in [2.45, 2.75) is 18.6 Å². The fraction of sp³-hybridized carbons (Fsp3) is 0.417. The summed E-state index contributed by atoms with van der Waals surface area (Å²) in [4.78, 5) is 11.1. The molecule has 1 aromatic carbocycles. The lowest BCUT2D eigenvalue weighted by Crippen LogP contribution is -2.33. The van der Waals surface area contributed by atoms with Crippen molar-refractivity contribution in [3.05, 3.63) is 29.3 Å². The van der Waals surface area contributed by atoms with E-state index in [1.54, 1.807) is 0 Å². The number of rotatable bonds is 4. The van der Waals surface area contributed by atoms with Crippen molar-refractivity contribution >= 4 is 5.97 Å². The maximum Gasteiger partial charge on any atom is 0.419 e. The first-order valence-electron chi connectivity index (χ1n) is 5.37. The first-order valence-corrected chi connectivity index (χ1v) is 5.37. The van der Waals surface area contributed by atoms with Gasteiger partial charge in [0.25, 0.3) is 0 Å². The number of carbonyl (C=O) groups excluding carboxylic acids is 1. The molecule has 0 aliphatic carbocycles. The largest absolute Gasteiger partial charge is 0.496 e. The van der Waals surface area contributed by atoms with Crippen LogP contribution in [-0.2, 0) is 22.1 Å². The minimum atomic E-state index is -4.49. The Balaban J connectivity index is 2.98. The summed E-state index contributed by atoms with van der Waals surface area (Å²) in [5.41, 5.74) is 5.13. The number of hydrogen-bond donors (Lipinski definition) is 1. The van der Waals surface area contributed by atoms with E-state index >= 15 is 0 Å². The van der Waals surface area contributed by atoms with Gasteiger partial charge in [-0.25, -0.2) is 0 Å². The Morgan fingerprint density at radius 2 is 2.00 bits per heavy atom. The van der Waals surface area contributed by atoms with Gasteiger partial charge in [-0.15, -0.1) is 0 Å². The highest BCUT2D eigenvalue weighted by molar-refractivity contribution is 5.75. The van der Waals surface area contributed by atoms with Gasteiger partial charge in [0.1, 0.15) is 11.8 Å². The molecule has 7 heteroatoms. The van der Waals surface area contributed by atoms with E-state index in [4.69, 9.17) is 10.5 Å². The number of benzene rings is 1. The molecular weight excluding hydrogens is 263 g/mol. The van der Waals surface area contributed by atoms with Crippen LogP contribution in [0.15, 0.2) is 18.2 Å². The van der Waals surface area contributed by atoms with Crippen molar-refractivity contribution in [2.24, 2.45) is 5.73 Å². The van der Waals surface area contributed by atoms with E-state index < -0.39 is 23.8 Å². The number of ether oxygens (including phenoxy) is 2. The molecule has 2 N–H and O–H groups in total. The second kappa shape index (κ2) is 5.92. The normalized spacial score (nSPS) is 12.9.